The Balaban J connectivity index is 1.52. The van der Waals surface area contributed by atoms with Gasteiger partial charge in [0.2, 0.25) is 5.95 Å². The van der Waals surface area contributed by atoms with Crippen molar-refractivity contribution in [2.24, 2.45) is 0 Å². The Kier molecular flexibility index (Phi) is 5.71. The summed E-state index contributed by atoms with van der Waals surface area (Å²) in [5.74, 6) is 3.43. The molecule has 4 rings (SSSR count). The molecule has 2 N–H and O–H groups in total. The van der Waals surface area contributed by atoms with E-state index in [1.807, 2.05) is 30.3 Å². The summed E-state index contributed by atoms with van der Waals surface area (Å²) in [7, 11) is 3.25. The molecular formula is C21H26N6O3. The van der Waals surface area contributed by atoms with Crippen molar-refractivity contribution in [3.8, 4) is 22.8 Å². The SMILES string of the molecule is COc1cc(OC)cc(-c2cc(Nc3ccnc(N4C[C@@H](C)O[C@@H](C)C4)n3)n[nH]2)c1. The molecule has 1 aliphatic heterocycles. The summed E-state index contributed by atoms with van der Waals surface area (Å²) in [5, 5.41) is 10.6. The Morgan fingerprint density at radius 1 is 1.03 bits per heavy atom. The fourth-order valence-electron chi connectivity index (χ4n) is 3.54. The minimum atomic E-state index is 0.141. The number of benzene rings is 1. The standard InChI is InChI=1S/C21H26N6O3/c1-13-11-27(12-14(2)30-13)21-22-6-5-19(24-21)23-20-10-18(25-26-20)15-7-16(28-3)9-17(8-15)29-4/h5-10,13-14H,11-12H2,1-4H3,(H2,22,23,24,25,26)/t13-,14+. The van der Waals surface area contributed by atoms with Gasteiger partial charge in [-0.1, -0.05) is 0 Å². The Bertz CT molecular complexity index is 976. The van der Waals surface area contributed by atoms with Crippen LogP contribution in [0.3, 0.4) is 0 Å². The van der Waals surface area contributed by atoms with Crippen LogP contribution in [0.4, 0.5) is 17.6 Å². The molecule has 0 unspecified atom stereocenters. The van der Waals surface area contributed by atoms with Crippen LogP contribution in [0.2, 0.25) is 0 Å². The number of hydrogen-bond donors (Lipinski definition) is 2. The van der Waals surface area contributed by atoms with Crippen molar-refractivity contribution in [2.45, 2.75) is 26.1 Å². The van der Waals surface area contributed by atoms with E-state index >= 15 is 0 Å². The van der Waals surface area contributed by atoms with Gasteiger partial charge in [0.05, 0.1) is 32.1 Å². The predicted molar refractivity (Wildman–Crippen MR) is 115 cm³/mol. The van der Waals surface area contributed by atoms with Gasteiger partial charge in [0, 0.05) is 37.0 Å². The summed E-state index contributed by atoms with van der Waals surface area (Å²) >= 11 is 0. The van der Waals surface area contributed by atoms with Crippen molar-refractivity contribution in [1.29, 1.82) is 0 Å². The second kappa shape index (κ2) is 8.58. The zero-order chi connectivity index (χ0) is 21.1. The van der Waals surface area contributed by atoms with Crippen LogP contribution in [0.15, 0.2) is 36.5 Å². The van der Waals surface area contributed by atoms with E-state index in [2.05, 4.69) is 44.2 Å². The molecule has 9 heteroatoms. The number of H-pyrrole nitrogens is 1. The Morgan fingerprint density at radius 3 is 2.40 bits per heavy atom. The highest BCUT2D eigenvalue weighted by Crippen LogP contribution is 2.30. The molecular weight excluding hydrogens is 384 g/mol. The lowest BCUT2D eigenvalue weighted by atomic mass is 10.1. The van der Waals surface area contributed by atoms with E-state index in [9.17, 15) is 0 Å². The molecule has 0 amide bonds. The summed E-state index contributed by atoms with van der Waals surface area (Å²) in [5.41, 5.74) is 1.74. The Hall–Kier alpha value is -3.33. The van der Waals surface area contributed by atoms with E-state index in [-0.39, 0.29) is 12.2 Å². The monoisotopic (exact) mass is 410 g/mol. The van der Waals surface area contributed by atoms with E-state index in [4.69, 9.17) is 14.2 Å². The van der Waals surface area contributed by atoms with E-state index in [0.717, 1.165) is 24.3 Å². The topological polar surface area (TPSA) is 97.4 Å². The van der Waals surface area contributed by atoms with Crippen LogP contribution in [0.5, 0.6) is 11.5 Å². The summed E-state index contributed by atoms with van der Waals surface area (Å²) in [6, 6.07) is 9.40. The molecule has 0 saturated carbocycles. The van der Waals surface area contributed by atoms with Crippen LogP contribution >= 0.6 is 0 Å². The first kappa shape index (κ1) is 20.0. The quantitative estimate of drug-likeness (QED) is 0.639. The maximum atomic E-state index is 5.80. The normalized spacial score (nSPS) is 18.9. The third kappa shape index (κ3) is 4.46. The van der Waals surface area contributed by atoms with Crippen molar-refractivity contribution >= 4 is 17.6 Å². The number of aromatic amines is 1. The summed E-state index contributed by atoms with van der Waals surface area (Å²) < 4.78 is 16.5. The van der Waals surface area contributed by atoms with Crippen LogP contribution in [0, 0.1) is 0 Å². The number of morpholine rings is 1. The number of ether oxygens (including phenoxy) is 3. The first-order valence-corrected chi connectivity index (χ1v) is 9.83. The molecule has 0 bridgehead atoms. The molecule has 3 heterocycles. The van der Waals surface area contributed by atoms with Crippen molar-refractivity contribution < 1.29 is 14.2 Å². The third-order valence-corrected chi connectivity index (χ3v) is 4.84. The maximum Gasteiger partial charge on any atom is 0.227 e. The molecule has 0 spiro atoms. The average molecular weight is 410 g/mol. The van der Waals surface area contributed by atoms with E-state index in [1.165, 1.54) is 0 Å². The Labute approximate surface area is 175 Å². The lowest BCUT2D eigenvalue weighted by Crippen LogP contribution is -2.46. The molecule has 2 aromatic heterocycles. The van der Waals surface area contributed by atoms with Crippen molar-refractivity contribution in [3.05, 3.63) is 36.5 Å². The van der Waals surface area contributed by atoms with Gasteiger partial charge in [-0.05, 0) is 32.0 Å². The van der Waals surface area contributed by atoms with Gasteiger partial charge in [0.15, 0.2) is 5.82 Å². The van der Waals surface area contributed by atoms with Crippen molar-refractivity contribution in [2.75, 3.05) is 37.5 Å². The average Bonchev–Trinajstić information content (AvgIpc) is 3.21. The van der Waals surface area contributed by atoms with Crippen molar-refractivity contribution in [1.82, 2.24) is 20.2 Å². The first-order chi connectivity index (χ1) is 14.5. The minimum absolute atomic E-state index is 0.141. The molecule has 1 fully saturated rings. The third-order valence-electron chi connectivity index (χ3n) is 4.84. The summed E-state index contributed by atoms with van der Waals surface area (Å²) in [6.07, 6.45) is 2.03. The number of hydrogen-bond acceptors (Lipinski definition) is 8. The fraction of sp³-hybridized carbons (Fsp3) is 0.381. The number of nitrogens with one attached hydrogen (secondary N) is 2. The van der Waals surface area contributed by atoms with E-state index < -0.39 is 0 Å². The van der Waals surface area contributed by atoms with Crippen LogP contribution in [0.1, 0.15) is 13.8 Å². The van der Waals surface area contributed by atoms with Gasteiger partial charge in [-0.3, -0.25) is 5.10 Å². The molecule has 0 aliphatic carbocycles. The highest BCUT2D eigenvalue weighted by molar-refractivity contribution is 5.68. The largest absolute Gasteiger partial charge is 0.497 e. The first-order valence-electron chi connectivity index (χ1n) is 9.83. The van der Waals surface area contributed by atoms with Crippen LogP contribution in [-0.2, 0) is 4.74 Å². The number of aromatic nitrogens is 4. The minimum Gasteiger partial charge on any atom is -0.497 e. The fourth-order valence-corrected chi connectivity index (χ4v) is 3.54. The lowest BCUT2D eigenvalue weighted by molar-refractivity contribution is -0.00571. The highest BCUT2D eigenvalue weighted by Gasteiger charge is 2.24. The van der Waals surface area contributed by atoms with Crippen LogP contribution in [0.25, 0.3) is 11.3 Å². The molecule has 1 saturated heterocycles. The zero-order valence-electron chi connectivity index (χ0n) is 17.5. The lowest BCUT2D eigenvalue weighted by Gasteiger charge is -2.35. The van der Waals surface area contributed by atoms with E-state index in [0.29, 0.717) is 29.1 Å². The van der Waals surface area contributed by atoms with Crippen LogP contribution in [-0.4, -0.2) is 59.7 Å². The van der Waals surface area contributed by atoms with Crippen molar-refractivity contribution in [3.63, 3.8) is 0 Å². The number of anilines is 3. The van der Waals surface area contributed by atoms with Crippen LogP contribution < -0.4 is 19.7 Å². The van der Waals surface area contributed by atoms with Gasteiger partial charge in [-0.25, -0.2) is 4.98 Å². The van der Waals surface area contributed by atoms with Gasteiger partial charge in [-0.2, -0.15) is 10.1 Å². The van der Waals surface area contributed by atoms with Gasteiger partial charge >= 0.3 is 0 Å². The molecule has 9 nitrogen and oxygen atoms in total. The number of rotatable bonds is 6. The molecule has 1 aromatic carbocycles. The molecule has 158 valence electrons. The molecule has 30 heavy (non-hydrogen) atoms. The molecule has 1 aliphatic rings. The summed E-state index contributed by atoms with van der Waals surface area (Å²) in [4.78, 5) is 11.2. The van der Waals surface area contributed by atoms with E-state index in [1.54, 1.807) is 20.4 Å². The number of nitrogens with zero attached hydrogens (tertiary/aromatic N) is 4. The van der Waals surface area contributed by atoms with Gasteiger partial charge in [0.25, 0.3) is 0 Å². The van der Waals surface area contributed by atoms with Gasteiger partial charge in [0.1, 0.15) is 17.3 Å². The number of methoxy groups -OCH3 is 2. The second-order valence-electron chi connectivity index (χ2n) is 7.30. The van der Waals surface area contributed by atoms with Gasteiger partial charge < -0.3 is 24.4 Å². The second-order valence-corrected chi connectivity index (χ2v) is 7.30. The predicted octanol–water partition coefficient (Wildman–Crippen LogP) is 3.24. The molecule has 2 atom stereocenters. The highest BCUT2D eigenvalue weighted by atomic mass is 16.5. The van der Waals surface area contributed by atoms with Gasteiger partial charge in [-0.15, -0.1) is 0 Å². The summed E-state index contributed by atoms with van der Waals surface area (Å²) in [6.45, 7) is 5.64. The zero-order valence-corrected chi connectivity index (χ0v) is 17.5. The molecule has 0 radical (unpaired) electrons. The Morgan fingerprint density at radius 2 is 1.73 bits per heavy atom. The smallest absolute Gasteiger partial charge is 0.227 e. The maximum absolute atomic E-state index is 5.80. The molecule has 3 aromatic rings.